The number of nitrogens with one attached hydrogen (secondary N) is 1. The summed E-state index contributed by atoms with van der Waals surface area (Å²) < 4.78 is 1.77. The fraction of sp³-hybridized carbons (Fsp3) is 0.429. The SMILES string of the molecule is CN1CCCN=C1NCCc1nnnn1-c1ccccc1. The molecule has 0 unspecified atom stereocenters. The number of guanidine groups is 1. The maximum absolute atomic E-state index is 4.48. The summed E-state index contributed by atoms with van der Waals surface area (Å²) in [5.74, 6) is 1.80. The topological polar surface area (TPSA) is 71.2 Å². The lowest BCUT2D eigenvalue weighted by molar-refractivity contribution is 0.446. The summed E-state index contributed by atoms with van der Waals surface area (Å²) in [4.78, 5) is 6.63. The molecule has 0 saturated heterocycles. The third-order valence-corrected chi connectivity index (χ3v) is 3.44. The highest BCUT2D eigenvalue weighted by atomic mass is 15.5. The van der Waals surface area contributed by atoms with Crippen LogP contribution < -0.4 is 5.32 Å². The van der Waals surface area contributed by atoms with Gasteiger partial charge in [0.15, 0.2) is 11.8 Å². The summed E-state index contributed by atoms with van der Waals surface area (Å²) in [7, 11) is 2.05. The van der Waals surface area contributed by atoms with Crippen molar-refractivity contribution in [1.29, 1.82) is 0 Å². The van der Waals surface area contributed by atoms with Crippen LogP contribution in [0.15, 0.2) is 35.3 Å². The molecule has 0 aliphatic carbocycles. The lowest BCUT2D eigenvalue weighted by Crippen LogP contribution is -2.42. The zero-order valence-corrected chi connectivity index (χ0v) is 12.1. The first kappa shape index (κ1) is 13.5. The lowest BCUT2D eigenvalue weighted by atomic mass is 10.3. The van der Waals surface area contributed by atoms with Crippen molar-refractivity contribution >= 4 is 5.96 Å². The van der Waals surface area contributed by atoms with Crippen LogP contribution in [0.4, 0.5) is 0 Å². The second kappa shape index (κ2) is 6.34. The Morgan fingerprint density at radius 2 is 2.10 bits per heavy atom. The number of rotatable bonds is 4. The smallest absolute Gasteiger partial charge is 0.193 e. The summed E-state index contributed by atoms with van der Waals surface area (Å²) in [6.45, 7) is 2.71. The highest BCUT2D eigenvalue weighted by molar-refractivity contribution is 5.80. The molecule has 0 bridgehead atoms. The average molecular weight is 285 g/mol. The van der Waals surface area contributed by atoms with Gasteiger partial charge in [0.1, 0.15) is 0 Å². The third kappa shape index (κ3) is 3.18. The number of tetrazole rings is 1. The number of hydrogen-bond acceptors (Lipinski definition) is 6. The van der Waals surface area contributed by atoms with Crippen molar-refractivity contribution in [3.8, 4) is 5.69 Å². The number of aliphatic imine (C=N–C) groups is 1. The Hall–Kier alpha value is -2.44. The molecule has 0 amide bonds. The van der Waals surface area contributed by atoms with Gasteiger partial charge in [-0.3, -0.25) is 4.99 Å². The highest BCUT2D eigenvalue weighted by Crippen LogP contribution is 2.07. The Labute approximate surface area is 123 Å². The first-order valence-corrected chi connectivity index (χ1v) is 7.17. The first-order valence-electron chi connectivity index (χ1n) is 7.17. The van der Waals surface area contributed by atoms with Gasteiger partial charge in [-0.1, -0.05) is 18.2 Å². The minimum Gasteiger partial charge on any atom is -0.356 e. The van der Waals surface area contributed by atoms with Gasteiger partial charge in [0.25, 0.3) is 0 Å². The monoisotopic (exact) mass is 285 g/mol. The Kier molecular flexibility index (Phi) is 4.09. The van der Waals surface area contributed by atoms with Crippen LogP contribution in [0.25, 0.3) is 5.69 Å². The lowest BCUT2D eigenvalue weighted by Gasteiger charge is -2.25. The van der Waals surface area contributed by atoms with Crippen LogP contribution in [0.5, 0.6) is 0 Å². The van der Waals surface area contributed by atoms with Crippen LogP contribution in [-0.4, -0.2) is 57.7 Å². The van der Waals surface area contributed by atoms with E-state index >= 15 is 0 Å². The summed E-state index contributed by atoms with van der Waals surface area (Å²) >= 11 is 0. The second-order valence-corrected chi connectivity index (χ2v) is 5.00. The number of aromatic nitrogens is 4. The quantitative estimate of drug-likeness (QED) is 0.885. The van der Waals surface area contributed by atoms with E-state index in [1.54, 1.807) is 4.68 Å². The molecule has 0 saturated carbocycles. The van der Waals surface area contributed by atoms with Crippen LogP contribution in [0, 0.1) is 0 Å². The van der Waals surface area contributed by atoms with Gasteiger partial charge >= 0.3 is 0 Å². The molecule has 1 N–H and O–H groups in total. The normalized spacial score (nSPS) is 14.9. The summed E-state index contributed by atoms with van der Waals surface area (Å²) in [5.41, 5.74) is 0.977. The van der Waals surface area contributed by atoms with Crippen LogP contribution in [0.1, 0.15) is 12.2 Å². The van der Waals surface area contributed by atoms with Crippen molar-refractivity contribution in [2.45, 2.75) is 12.8 Å². The van der Waals surface area contributed by atoms with Crippen molar-refractivity contribution < 1.29 is 0 Å². The van der Waals surface area contributed by atoms with E-state index < -0.39 is 0 Å². The molecular formula is C14H19N7. The van der Waals surface area contributed by atoms with Crippen molar-refractivity contribution in [2.75, 3.05) is 26.7 Å². The Morgan fingerprint density at radius 1 is 1.24 bits per heavy atom. The van der Waals surface area contributed by atoms with E-state index in [9.17, 15) is 0 Å². The molecule has 0 atom stereocenters. The molecule has 0 spiro atoms. The molecule has 2 aromatic rings. The minimum atomic E-state index is 0.745. The van der Waals surface area contributed by atoms with Crippen molar-refractivity contribution in [3.05, 3.63) is 36.2 Å². The molecule has 1 aliphatic heterocycles. The van der Waals surface area contributed by atoms with E-state index in [1.165, 1.54) is 0 Å². The molecule has 21 heavy (non-hydrogen) atoms. The molecule has 7 heteroatoms. The highest BCUT2D eigenvalue weighted by Gasteiger charge is 2.11. The fourth-order valence-corrected chi connectivity index (χ4v) is 2.33. The zero-order valence-electron chi connectivity index (χ0n) is 12.1. The molecular weight excluding hydrogens is 266 g/mol. The van der Waals surface area contributed by atoms with E-state index in [-0.39, 0.29) is 0 Å². The molecule has 0 radical (unpaired) electrons. The van der Waals surface area contributed by atoms with Gasteiger partial charge in [-0.05, 0) is 29.0 Å². The predicted molar refractivity (Wildman–Crippen MR) is 80.4 cm³/mol. The maximum atomic E-state index is 4.48. The molecule has 1 aromatic carbocycles. The molecule has 1 aromatic heterocycles. The van der Waals surface area contributed by atoms with Gasteiger partial charge in [0, 0.05) is 33.1 Å². The maximum Gasteiger partial charge on any atom is 0.193 e. The van der Waals surface area contributed by atoms with Gasteiger partial charge in [-0.15, -0.1) is 5.10 Å². The number of nitrogens with zero attached hydrogens (tertiary/aromatic N) is 6. The molecule has 1 aliphatic rings. The van der Waals surface area contributed by atoms with Crippen LogP contribution >= 0.6 is 0 Å². The standard InChI is InChI=1S/C14H19N7/c1-20-11-5-9-15-14(20)16-10-8-13-17-18-19-21(13)12-6-3-2-4-7-12/h2-4,6-7H,5,8-11H2,1H3,(H,15,16). The zero-order chi connectivity index (χ0) is 14.5. The Morgan fingerprint density at radius 3 is 2.90 bits per heavy atom. The summed E-state index contributed by atoms with van der Waals surface area (Å²) in [6.07, 6.45) is 1.86. The molecule has 110 valence electrons. The number of hydrogen-bond donors (Lipinski definition) is 1. The van der Waals surface area contributed by atoms with E-state index in [2.05, 4.69) is 37.8 Å². The molecule has 0 fully saturated rings. The Balaban J connectivity index is 1.62. The third-order valence-electron chi connectivity index (χ3n) is 3.44. The van der Waals surface area contributed by atoms with Crippen molar-refractivity contribution in [2.24, 2.45) is 4.99 Å². The largest absolute Gasteiger partial charge is 0.356 e. The van der Waals surface area contributed by atoms with E-state index in [4.69, 9.17) is 0 Å². The molecule has 2 heterocycles. The summed E-state index contributed by atoms with van der Waals surface area (Å²) in [5, 5.41) is 15.3. The molecule has 3 rings (SSSR count). The molecule has 7 nitrogen and oxygen atoms in total. The number of benzene rings is 1. The van der Waals surface area contributed by atoms with Crippen LogP contribution in [0.3, 0.4) is 0 Å². The average Bonchev–Trinajstić information content (AvgIpc) is 2.99. The van der Waals surface area contributed by atoms with Crippen molar-refractivity contribution in [1.82, 2.24) is 30.4 Å². The van der Waals surface area contributed by atoms with Crippen LogP contribution in [0.2, 0.25) is 0 Å². The van der Waals surface area contributed by atoms with Crippen molar-refractivity contribution in [3.63, 3.8) is 0 Å². The predicted octanol–water partition coefficient (Wildman–Crippen LogP) is 0.486. The first-order chi connectivity index (χ1) is 10.3. The van der Waals surface area contributed by atoms with Gasteiger partial charge < -0.3 is 10.2 Å². The van der Waals surface area contributed by atoms with E-state index in [1.807, 2.05) is 30.3 Å². The summed E-state index contributed by atoms with van der Waals surface area (Å²) in [6, 6.07) is 9.92. The minimum absolute atomic E-state index is 0.745. The van der Waals surface area contributed by atoms with E-state index in [0.717, 1.165) is 49.9 Å². The van der Waals surface area contributed by atoms with E-state index in [0.29, 0.717) is 0 Å². The Bertz CT molecular complexity index is 605. The van der Waals surface area contributed by atoms with Gasteiger partial charge in [0.2, 0.25) is 0 Å². The van der Waals surface area contributed by atoms with Gasteiger partial charge in [-0.25, -0.2) is 0 Å². The fourth-order valence-electron chi connectivity index (χ4n) is 2.33. The van der Waals surface area contributed by atoms with Gasteiger partial charge in [-0.2, -0.15) is 4.68 Å². The number of para-hydroxylation sites is 1. The van der Waals surface area contributed by atoms with Crippen LogP contribution in [-0.2, 0) is 6.42 Å². The second-order valence-electron chi connectivity index (χ2n) is 5.00. The van der Waals surface area contributed by atoms with Gasteiger partial charge in [0.05, 0.1) is 5.69 Å².